The SMILES string of the molecule is O=C(O)C1CCCN(c2ccc(S(=O)(=O)N3CCOCC3)cc2[N+](=O)[O-])C1. The third-order valence-electron chi connectivity index (χ3n) is 4.86. The van der Waals surface area contributed by atoms with Crippen LogP contribution in [-0.4, -0.2) is 68.1 Å². The van der Waals surface area contributed by atoms with Crippen LogP contribution in [0.2, 0.25) is 0 Å². The van der Waals surface area contributed by atoms with E-state index in [0.717, 1.165) is 6.07 Å². The standard InChI is InChI=1S/C16H21N3O7S/c20-16(21)12-2-1-5-17(11-12)14-4-3-13(10-15(14)19(22)23)27(24,25)18-6-8-26-9-7-18/h3-4,10,12H,1-2,5-9,11H2,(H,20,21). The van der Waals surface area contributed by atoms with E-state index in [1.807, 2.05) is 0 Å². The maximum atomic E-state index is 12.7. The number of rotatable bonds is 5. The average molecular weight is 399 g/mol. The first-order chi connectivity index (χ1) is 12.8. The van der Waals surface area contributed by atoms with Crippen LogP contribution in [0.3, 0.4) is 0 Å². The van der Waals surface area contributed by atoms with Crippen LogP contribution in [0.4, 0.5) is 11.4 Å². The highest BCUT2D eigenvalue weighted by Crippen LogP contribution is 2.34. The molecule has 1 atom stereocenters. The van der Waals surface area contributed by atoms with E-state index in [-0.39, 0.29) is 49.1 Å². The van der Waals surface area contributed by atoms with Crippen LogP contribution < -0.4 is 4.90 Å². The molecule has 0 radical (unpaired) electrons. The van der Waals surface area contributed by atoms with Gasteiger partial charge in [0.15, 0.2) is 0 Å². The molecule has 2 fully saturated rings. The minimum absolute atomic E-state index is 0.147. The first kappa shape index (κ1) is 19.5. The fraction of sp³-hybridized carbons (Fsp3) is 0.562. The van der Waals surface area contributed by atoms with Crippen LogP contribution in [0.5, 0.6) is 0 Å². The molecule has 11 heteroatoms. The van der Waals surface area contributed by atoms with Crippen LogP contribution in [0.25, 0.3) is 0 Å². The van der Waals surface area contributed by atoms with Gasteiger partial charge in [0.2, 0.25) is 10.0 Å². The number of nitro benzene ring substituents is 1. The topological polar surface area (TPSA) is 130 Å². The zero-order chi connectivity index (χ0) is 19.6. The molecular weight excluding hydrogens is 378 g/mol. The highest BCUT2D eigenvalue weighted by molar-refractivity contribution is 7.89. The van der Waals surface area contributed by atoms with Gasteiger partial charge in [0.25, 0.3) is 5.69 Å². The van der Waals surface area contributed by atoms with E-state index in [4.69, 9.17) is 4.74 Å². The van der Waals surface area contributed by atoms with Crippen molar-refractivity contribution in [3.8, 4) is 0 Å². The molecule has 10 nitrogen and oxygen atoms in total. The van der Waals surface area contributed by atoms with E-state index in [2.05, 4.69) is 0 Å². The number of nitrogens with zero attached hydrogens (tertiary/aromatic N) is 3. The number of carboxylic acids is 1. The second-order valence-corrected chi connectivity index (χ2v) is 8.49. The van der Waals surface area contributed by atoms with E-state index in [9.17, 15) is 28.4 Å². The molecule has 1 aromatic carbocycles. The number of carbonyl (C=O) groups is 1. The minimum atomic E-state index is -3.85. The predicted octanol–water partition coefficient (Wildman–Crippen LogP) is 0.917. The molecule has 0 saturated carbocycles. The van der Waals surface area contributed by atoms with Crippen molar-refractivity contribution in [3.63, 3.8) is 0 Å². The highest BCUT2D eigenvalue weighted by atomic mass is 32.2. The minimum Gasteiger partial charge on any atom is -0.481 e. The number of ether oxygens (including phenoxy) is 1. The van der Waals surface area contributed by atoms with E-state index >= 15 is 0 Å². The summed E-state index contributed by atoms with van der Waals surface area (Å²) in [6, 6.07) is 3.80. The maximum Gasteiger partial charge on any atom is 0.308 e. The lowest BCUT2D eigenvalue weighted by atomic mass is 9.97. The van der Waals surface area contributed by atoms with Crippen molar-refractivity contribution >= 4 is 27.4 Å². The Bertz CT molecular complexity index is 836. The van der Waals surface area contributed by atoms with Gasteiger partial charge >= 0.3 is 5.97 Å². The average Bonchev–Trinajstić information content (AvgIpc) is 2.68. The lowest BCUT2D eigenvalue weighted by Crippen LogP contribution is -2.41. The summed E-state index contributed by atoms with van der Waals surface area (Å²) in [5.74, 6) is -1.54. The summed E-state index contributed by atoms with van der Waals surface area (Å²) < 4.78 is 31.9. The van der Waals surface area contributed by atoms with Crippen LogP contribution in [0, 0.1) is 16.0 Å². The van der Waals surface area contributed by atoms with Gasteiger partial charge in [-0.15, -0.1) is 0 Å². The quantitative estimate of drug-likeness (QED) is 0.571. The molecule has 0 bridgehead atoms. The van der Waals surface area contributed by atoms with Crippen LogP contribution >= 0.6 is 0 Å². The lowest BCUT2D eigenvalue weighted by molar-refractivity contribution is -0.384. The molecule has 0 aliphatic carbocycles. The van der Waals surface area contributed by atoms with Crippen molar-refractivity contribution < 1.29 is 28.0 Å². The first-order valence-electron chi connectivity index (χ1n) is 8.65. The molecule has 1 unspecified atom stereocenters. The predicted molar refractivity (Wildman–Crippen MR) is 95.2 cm³/mol. The molecule has 27 heavy (non-hydrogen) atoms. The Morgan fingerprint density at radius 2 is 1.96 bits per heavy atom. The molecule has 1 N–H and O–H groups in total. The van der Waals surface area contributed by atoms with Gasteiger partial charge < -0.3 is 14.7 Å². The van der Waals surface area contributed by atoms with Gasteiger partial charge in [-0.3, -0.25) is 14.9 Å². The number of piperidine rings is 1. The van der Waals surface area contributed by atoms with Crippen molar-refractivity contribution in [1.82, 2.24) is 4.31 Å². The van der Waals surface area contributed by atoms with Crippen LogP contribution in [-0.2, 0) is 19.6 Å². The van der Waals surface area contributed by atoms with E-state index in [0.29, 0.717) is 19.4 Å². The Labute approximate surface area is 156 Å². The normalized spacial score (nSPS) is 21.8. The summed E-state index contributed by atoms with van der Waals surface area (Å²) in [7, 11) is -3.85. The molecule has 2 saturated heterocycles. The Morgan fingerprint density at radius 1 is 1.26 bits per heavy atom. The largest absolute Gasteiger partial charge is 0.481 e. The number of benzene rings is 1. The van der Waals surface area contributed by atoms with Crippen molar-refractivity contribution in [2.45, 2.75) is 17.7 Å². The van der Waals surface area contributed by atoms with Crippen molar-refractivity contribution in [1.29, 1.82) is 0 Å². The van der Waals surface area contributed by atoms with Gasteiger partial charge in [-0.05, 0) is 25.0 Å². The molecule has 3 rings (SSSR count). The Morgan fingerprint density at radius 3 is 2.59 bits per heavy atom. The van der Waals surface area contributed by atoms with Crippen LogP contribution in [0.1, 0.15) is 12.8 Å². The monoisotopic (exact) mass is 399 g/mol. The zero-order valence-corrected chi connectivity index (χ0v) is 15.4. The number of morpholine rings is 1. The molecule has 1 aromatic rings. The fourth-order valence-electron chi connectivity index (χ4n) is 3.41. The summed E-state index contributed by atoms with van der Waals surface area (Å²) in [6.45, 7) is 1.61. The molecule has 2 aliphatic heterocycles. The van der Waals surface area contributed by atoms with E-state index in [1.165, 1.54) is 16.4 Å². The van der Waals surface area contributed by atoms with Crippen molar-refractivity contribution in [2.24, 2.45) is 5.92 Å². The van der Waals surface area contributed by atoms with Gasteiger partial charge in [0.05, 0.1) is 29.0 Å². The Hall–Kier alpha value is -2.24. The number of aliphatic carboxylic acids is 1. The van der Waals surface area contributed by atoms with Gasteiger partial charge in [0.1, 0.15) is 5.69 Å². The first-order valence-corrected chi connectivity index (χ1v) is 10.1. The number of sulfonamides is 1. The summed E-state index contributed by atoms with van der Waals surface area (Å²) in [4.78, 5) is 23.7. The molecule has 0 spiro atoms. The van der Waals surface area contributed by atoms with Gasteiger partial charge in [0, 0.05) is 32.2 Å². The molecule has 0 aromatic heterocycles. The second kappa shape index (κ2) is 7.79. The van der Waals surface area contributed by atoms with Gasteiger partial charge in [-0.25, -0.2) is 8.42 Å². The third kappa shape index (κ3) is 4.04. The van der Waals surface area contributed by atoms with Crippen molar-refractivity contribution in [2.75, 3.05) is 44.3 Å². The number of nitro groups is 1. The van der Waals surface area contributed by atoms with Crippen molar-refractivity contribution in [3.05, 3.63) is 28.3 Å². The smallest absolute Gasteiger partial charge is 0.308 e. The Kier molecular flexibility index (Phi) is 5.63. The Balaban J connectivity index is 1.93. The zero-order valence-electron chi connectivity index (χ0n) is 14.6. The molecule has 2 heterocycles. The second-order valence-electron chi connectivity index (χ2n) is 6.55. The fourth-order valence-corrected chi connectivity index (χ4v) is 4.84. The van der Waals surface area contributed by atoms with Crippen LogP contribution in [0.15, 0.2) is 23.1 Å². The van der Waals surface area contributed by atoms with Gasteiger partial charge in [-0.2, -0.15) is 4.31 Å². The number of hydrogen-bond acceptors (Lipinski definition) is 7. The summed E-state index contributed by atoms with van der Waals surface area (Å²) in [5.41, 5.74) is -0.0951. The summed E-state index contributed by atoms with van der Waals surface area (Å²) in [5, 5.41) is 20.8. The number of anilines is 1. The maximum absolute atomic E-state index is 12.7. The van der Waals surface area contributed by atoms with E-state index < -0.39 is 26.8 Å². The molecule has 2 aliphatic rings. The van der Waals surface area contributed by atoms with Gasteiger partial charge in [-0.1, -0.05) is 0 Å². The number of hydrogen-bond donors (Lipinski definition) is 1. The molecule has 0 amide bonds. The lowest BCUT2D eigenvalue weighted by Gasteiger charge is -2.32. The number of carboxylic acid groups (broad SMARTS) is 1. The molecule has 148 valence electrons. The summed E-state index contributed by atoms with van der Waals surface area (Å²) in [6.07, 6.45) is 1.12. The van der Waals surface area contributed by atoms with E-state index in [1.54, 1.807) is 4.90 Å². The third-order valence-corrected chi connectivity index (χ3v) is 6.76. The highest BCUT2D eigenvalue weighted by Gasteiger charge is 2.32. The molecular formula is C16H21N3O7S. The summed E-state index contributed by atoms with van der Waals surface area (Å²) >= 11 is 0.